The minimum Gasteiger partial charge on any atom is -0.495 e. The second-order valence-corrected chi connectivity index (χ2v) is 8.96. The molecule has 0 fully saturated rings. The second-order valence-electron chi connectivity index (χ2n) is 8.96. The molecule has 0 bridgehead atoms. The van der Waals surface area contributed by atoms with Crippen molar-refractivity contribution in [1.29, 1.82) is 0 Å². The smallest absolute Gasteiger partial charge is 0.341 e. The number of para-hydroxylation sites is 1. The van der Waals surface area contributed by atoms with Gasteiger partial charge in [-0.25, -0.2) is 14.4 Å². The van der Waals surface area contributed by atoms with Crippen molar-refractivity contribution in [3.63, 3.8) is 0 Å². The lowest BCUT2D eigenvalue weighted by Gasteiger charge is -2.19. The number of hydrogen-bond donors (Lipinski definition) is 2. The van der Waals surface area contributed by atoms with Crippen LogP contribution in [0.15, 0.2) is 60.7 Å². The number of hydrogen-bond acceptors (Lipinski definition) is 8. The zero-order valence-electron chi connectivity index (χ0n) is 23.6. The SMILES string of the molecule is COC(=O)c1ccc(OCCN(C)C(=O)Cc2ccc(NC(=O)Nc3ccccc3C)c(OC)c2)c(C(=O)OC)c1. The summed E-state index contributed by atoms with van der Waals surface area (Å²) in [6.07, 6.45) is 0.0871. The molecule has 11 nitrogen and oxygen atoms in total. The highest BCUT2D eigenvalue weighted by Gasteiger charge is 2.18. The first-order valence-corrected chi connectivity index (χ1v) is 12.6. The van der Waals surface area contributed by atoms with E-state index in [0.29, 0.717) is 22.7 Å². The van der Waals surface area contributed by atoms with Crippen molar-refractivity contribution in [1.82, 2.24) is 4.90 Å². The summed E-state index contributed by atoms with van der Waals surface area (Å²) >= 11 is 0. The van der Waals surface area contributed by atoms with Crippen LogP contribution in [0.3, 0.4) is 0 Å². The van der Waals surface area contributed by atoms with E-state index < -0.39 is 18.0 Å². The van der Waals surface area contributed by atoms with E-state index in [-0.39, 0.29) is 42.4 Å². The van der Waals surface area contributed by atoms with E-state index in [2.05, 4.69) is 10.6 Å². The second kappa shape index (κ2) is 14.4. The first kappa shape index (κ1) is 30.5. The maximum absolute atomic E-state index is 12.9. The summed E-state index contributed by atoms with van der Waals surface area (Å²) in [7, 11) is 5.58. The molecule has 216 valence electrons. The predicted octanol–water partition coefficient (Wildman–Crippen LogP) is 4.30. The van der Waals surface area contributed by atoms with E-state index >= 15 is 0 Å². The maximum Gasteiger partial charge on any atom is 0.341 e. The Morgan fingerprint density at radius 1 is 0.805 bits per heavy atom. The van der Waals surface area contributed by atoms with Crippen molar-refractivity contribution in [2.45, 2.75) is 13.3 Å². The fraction of sp³-hybridized carbons (Fsp3) is 0.267. The molecule has 3 amide bonds. The molecule has 0 radical (unpaired) electrons. The van der Waals surface area contributed by atoms with Gasteiger partial charge in [0.2, 0.25) is 5.91 Å². The number of carbonyl (C=O) groups is 4. The first-order chi connectivity index (χ1) is 19.7. The number of aryl methyl sites for hydroxylation is 1. The summed E-state index contributed by atoms with van der Waals surface area (Å²) in [5.74, 6) is -0.827. The monoisotopic (exact) mass is 563 g/mol. The van der Waals surface area contributed by atoms with Crippen LogP contribution in [0, 0.1) is 6.92 Å². The van der Waals surface area contributed by atoms with Crippen LogP contribution in [0.1, 0.15) is 31.8 Å². The number of nitrogens with zero attached hydrogens (tertiary/aromatic N) is 1. The number of esters is 2. The average molecular weight is 564 g/mol. The maximum atomic E-state index is 12.9. The Kier molecular flexibility index (Phi) is 10.7. The molecule has 0 unspecified atom stereocenters. The summed E-state index contributed by atoms with van der Waals surface area (Å²) in [5.41, 5.74) is 3.01. The molecule has 0 spiro atoms. The van der Waals surface area contributed by atoms with Crippen LogP contribution in [0.25, 0.3) is 0 Å². The lowest BCUT2D eigenvalue weighted by Crippen LogP contribution is -2.32. The van der Waals surface area contributed by atoms with E-state index in [1.54, 1.807) is 31.3 Å². The Morgan fingerprint density at radius 2 is 1.51 bits per heavy atom. The lowest BCUT2D eigenvalue weighted by molar-refractivity contribution is -0.129. The summed E-state index contributed by atoms with van der Waals surface area (Å²) in [4.78, 5) is 50.8. The summed E-state index contributed by atoms with van der Waals surface area (Å²) in [6, 6.07) is 16.4. The fourth-order valence-electron chi connectivity index (χ4n) is 3.83. The van der Waals surface area contributed by atoms with Gasteiger partial charge in [-0.3, -0.25) is 4.79 Å². The van der Waals surface area contributed by atoms with Crippen LogP contribution < -0.4 is 20.1 Å². The summed E-state index contributed by atoms with van der Waals surface area (Å²) < 4.78 is 20.6. The number of carbonyl (C=O) groups excluding carboxylic acids is 4. The average Bonchev–Trinajstić information content (AvgIpc) is 2.98. The molecule has 41 heavy (non-hydrogen) atoms. The van der Waals surface area contributed by atoms with Gasteiger partial charge >= 0.3 is 18.0 Å². The highest BCUT2D eigenvalue weighted by molar-refractivity contribution is 6.01. The highest BCUT2D eigenvalue weighted by atomic mass is 16.5. The Labute approximate surface area is 238 Å². The minimum absolute atomic E-state index is 0.0674. The largest absolute Gasteiger partial charge is 0.495 e. The molecule has 2 N–H and O–H groups in total. The van der Waals surface area contributed by atoms with Gasteiger partial charge in [0.15, 0.2) is 0 Å². The Bertz CT molecular complexity index is 1420. The molecule has 0 aliphatic heterocycles. The van der Waals surface area contributed by atoms with E-state index in [0.717, 1.165) is 5.56 Å². The number of methoxy groups -OCH3 is 3. The van der Waals surface area contributed by atoms with Crippen molar-refractivity contribution in [2.24, 2.45) is 0 Å². The molecular weight excluding hydrogens is 530 g/mol. The van der Waals surface area contributed by atoms with Crippen molar-refractivity contribution in [3.05, 3.63) is 82.9 Å². The van der Waals surface area contributed by atoms with E-state index in [1.165, 1.54) is 44.4 Å². The molecule has 0 atom stereocenters. The molecule has 3 aromatic carbocycles. The van der Waals surface area contributed by atoms with Gasteiger partial charge in [0, 0.05) is 12.7 Å². The van der Waals surface area contributed by atoms with Crippen molar-refractivity contribution in [2.75, 3.05) is 52.2 Å². The van der Waals surface area contributed by atoms with Crippen LogP contribution in [0.4, 0.5) is 16.2 Å². The number of ether oxygens (including phenoxy) is 4. The van der Waals surface area contributed by atoms with Crippen molar-refractivity contribution in [3.8, 4) is 11.5 Å². The van der Waals surface area contributed by atoms with Gasteiger partial charge in [0.1, 0.15) is 23.7 Å². The molecule has 0 aliphatic rings. The van der Waals surface area contributed by atoms with E-state index in [1.807, 2.05) is 25.1 Å². The molecule has 0 aliphatic carbocycles. The third kappa shape index (κ3) is 8.21. The normalized spacial score (nSPS) is 10.3. The topological polar surface area (TPSA) is 132 Å². The summed E-state index contributed by atoms with van der Waals surface area (Å²) in [5, 5.41) is 5.57. The Morgan fingerprint density at radius 3 is 2.20 bits per heavy atom. The fourth-order valence-corrected chi connectivity index (χ4v) is 3.83. The van der Waals surface area contributed by atoms with Gasteiger partial charge in [-0.1, -0.05) is 24.3 Å². The molecule has 11 heteroatoms. The zero-order chi connectivity index (χ0) is 29.9. The van der Waals surface area contributed by atoms with Gasteiger partial charge in [0.25, 0.3) is 0 Å². The highest BCUT2D eigenvalue weighted by Crippen LogP contribution is 2.27. The number of rotatable bonds is 11. The van der Waals surface area contributed by atoms with E-state index in [4.69, 9.17) is 18.9 Å². The molecular formula is C30H33N3O8. The van der Waals surface area contributed by atoms with Crippen LogP contribution in [0.2, 0.25) is 0 Å². The van der Waals surface area contributed by atoms with E-state index in [9.17, 15) is 19.2 Å². The number of nitrogens with one attached hydrogen (secondary N) is 2. The van der Waals surface area contributed by atoms with Crippen LogP contribution >= 0.6 is 0 Å². The number of amides is 3. The first-order valence-electron chi connectivity index (χ1n) is 12.6. The van der Waals surface area contributed by atoms with Gasteiger partial charge in [-0.15, -0.1) is 0 Å². The Balaban J connectivity index is 1.58. The molecule has 3 rings (SSSR count). The number of urea groups is 1. The number of benzene rings is 3. The van der Waals surface area contributed by atoms with Gasteiger partial charge in [0.05, 0.1) is 45.5 Å². The quantitative estimate of drug-likeness (QED) is 0.330. The molecule has 3 aromatic rings. The predicted molar refractivity (Wildman–Crippen MR) is 153 cm³/mol. The van der Waals surface area contributed by atoms with Crippen LogP contribution in [-0.4, -0.2) is 70.3 Å². The molecule has 0 saturated heterocycles. The molecule has 0 aromatic heterocycles. The lowest BCUT2D eigenvalue weighted by atomic mass is 10.1. The van der Waals surface area contributed by atoms with Crippen molar-refractivity contribution < 1.29 is 38.1 Å². The van der Waals surface area contributed by atoms with Gasteiger partial charge < -0.3 is 34.5 Å². The minimum atomic E-state index is -0.672. The van der Waals surface area contributed by atoms with Crippen LogP contribution in [-0.2, 0) is 20.7 Å². The molecule has 0 heterocycles. The zero-order valence-corrected chi connectivity index (χ0v) is 23.6. The van der Waals surface area contributed by atoms with Gasteiger partial charge in [-0.2, -0.15) is 0 Å². The van der Waals surface area contributed by atoms with Gasteiger partial charge in [-0.05, 0) is 54.4 Å². The van der Waals surface area contributed by atoms with Crippen LogP contribution in [0.5, 0.6) is 11.5 Å². The number of anilines is 2. The number of likely N-dealkylation sites (N-methyl/N-ethyl adjacent to an activating group) is 1. The Hall–Kier alpha value is -5.06. The molecule has 0 saturated carbocycles. The van der Waals surface area contributed by atoms with Crippen molar-refractivity contribution >= 4 is 35.3 Å². The third-order valence-electron chi connectivity index (χ3n) is 6.18. The summed E-state index contributed by atoms with van der Waals surface area (Å²) in [6.45, 7) is 2.22. The third-order valence-corrected chi connectivity index (χ3v) is 6.18. The standard InChI is InChI=1S/C30H33N3O8/c1-19-8-6-7-9-23(19)31-30(37)32-24-12-10-20(16-26(24)38-3)17-27(34)33(2)14-15-41-25-13-11-21(28(35)39-4)18-22(25)29(36)40-5/h6-13,16,18H,14-15,17H2,1-5H3,(H2,31,32,37).